The monoisotopic (exact) mass is 269 g/mol. The van der Waals surface area contributed by atoms with Gasteiger partial charge in [-0.3, -0.25) is 0 Å². The lowest BCUT2D eigenvalue weighted by atomic mass is 9.75. The van der Waals surface area contributed by atoms with E-state index in [0.29, 0.717) is 16.5 Å². The minimum atomic E-state index is -0.270. The normalized spacial score (nSPS) is 26.0. The van der Waals surface area contributed by atoms with Crippen molar-refractivity contribution in [3.63, 3.8) is 0 Å². The molecule has 3 atom stereocenters. The maximum Gasteiger partial charge on any atom is 0.129 e. The summed E-state index contributed by atoms with van der Waals surface area (Å²) in [6.07, 6.45) is 5.95. The fourth-order valence-corrected chi connectivity index (χ4v) is 3.21. The van der Waals surface area contributed by atoms with Gasteiger partial charge in [0, 0.05) is 16.6 Å². The molecule has 1 saturated carbocycles. The van der Waals surface area contributed by atoms with Crippen molar-refractivity contribution in [1.82, 2.24) is 0 Å². The van der Waals surface area contributed by atoms with Crippen molar-refractivity contribution in [2.75, 3.05) is 0 Å². The molecule has 3 heteroatoms. The van der Waals surface area contributed by atoms with Crippen LogP contribution in [0, 0.1) is 17.7 Å². The molecule has 18 heavy (non-hydrogen) atoms. The minimum Gasteiger partial charge on any atom is -0.324 e. The lowest BCUT2D eigenvalue weighted by molar-refractivity contribution is 0.228. The summed E-state index contributed by atoms with van der Waals surface area (Å²) in [4.78, 5) is 0. The van der Waals surface area contributed by atoms with Gasteiger partial charge in [0.15, 0.2) is 0 Å². The number of benzene rings is 1. The molecule has 0 saturated heterocycles. The number of rotatable bonds is 3. The molecule has 0 heterocycles. The van der Waals surface area contributed by atoms with E-state index in [1.54, 1.807) is 12.1 Å². The first-order valence-corrected chi connectivity index (χ1v) is 7.20. The van der Waals surface area contributed by atoms with Crippen LogP contribution in [-0.4, -0.2) is 0 Å². The van der Waals surface area contributed by atoms with Gasteiger partial charge in [0.05, 0.1) is 0 Å². The molecule has 1 nitrogen and oxygen atoms in total. The second-order valence-electron chi connectivity index (χ2n) is 5.39. The molecule has 2 N–H and O–H groups in total. The van der Waals surface area contributed by atoms with Crippen LogP contribution in [0.15, 0.2) is 18.2 Å². The summed E-state index contributed by atoms with van der Waals surface area (Å²) in [5, 5.41) is 0.429. The highest BCUT2D eigenvalue weighted by Gasteiger charge is 2.27. The molecule has 1 aliphatic rings. The van der Waals surface area contributed by atoms with E-state index in [0.717, 1.165) is 18.8 Å². The van der Waals surface area contributed by atoms with Gasteiger partial charge in [-0.25, -0.2) is 4.39 Å². The molecule has 0 radical (unpaired) electrons. The molecule has 1 aliphatic carbocycles. The van der Waals surface area contributed by atoms with E-state index in [-0.39, 0.29) is 11.9 Å². The van der Waals surface area contributed by atoms with Crippen molar-refractivity contribution in [2.45, 2.75) is 45.1 Å². The summed E-state index contributed by atoms with van der Waals surface area (Å²) in [5.74, 6) is 0.887. The lowest BCUT2D eigenvalue weighted by Gasteiger charge is -2.32. The molecular formula is C15H21ClFN. The predicted octanol–water partition coefficient (Wildman–Crippen LogP) is 4.70. The molecular weight excluding hydrogens is 249 g/mol. The van der Waals surface area contributed by atoms with Crippen LogP contribution in [0.1, 0.15) is 50.6 Å². The van der Waals surface area contributed by atoms with Crippen LogP contribution < -0.4 is 5.73 Å². The Morgan fingerprint density at radius 2 is 2.22 bits per heavy atom. The van der Waals surface area contributed by atoms with Gasteiger partial charge in [0.1, 0.15) is 5.82 Å². The van der Waals surface area contributed by atoms with Gasteiger partial charge in [-0.05, 0) is 36.8 Å². The maximum atomic E-state index is 13.9. The van der Waals surface area contributed by atoms with E-state index in [9.17, 15) is 4.39 Å². The Balaban J connectivity index is 2.12. The Morgan fingerprint density at radius 3 is 2.89 bits per heavy atom. The van der Waals surface area contributed by atoms with Crippen molar-refractivity contribution in [3.05, 3.63) is 34.6 Å². The van der Waals surface area contributed by atoms with E-state index in [1.807, 2.05) is 0 Å². The molecule has 0 bridgehead atoms. The van der Waals surface area contributed by atoms with E-state index < -0.39 is 0 Å². The highest BCUT2D eigenvalue weighted by atomic mass is 35.5. The van der Waals surface area contributed by atoms with Gasteiger partial charge in [0.25, 0.3) is 0 Å². The van der Waals surface area contributed by atoms with Gasteiger partial charge >= 0.3 is 0 Å². The number of hydrogen-bond acceptors (Lipinski definition) is 1. The van der Waals surface area contributed by atoms with Crippen LogP contribution in [0.25, 0.3) is 0 Å². The Kier molecular flexibility index (Phi) is 4.63. The zero-order valence-electron chi connectivity index (χ0n) is 10.8. The zero-order chi connectivity index (χ0) is 13.1. The first-order valence-electron chi connectivity index (χ1n) is 6.82. The van der Waals surface area contributed by atoms with Gasteiger partial charge < -0.3 is 5.73 Å². The highest BCUT2D eigenvalue weighted by molar-refractivity contribution is 6.30. The van der Waals surface area contributed by atoms with Crippen LogP contribution in [0.4, 0.5) is 4.39 Å². The summed E-state index contributed by atoms with van der Waals surface area (Å²) in [6.45, 7) is 2.22. The maximum absolute atomic E-state index is 13.9. The second-order valence-corrected chi connectivity index (χ2v) is 5.83. The Bertz CT molecular complexity index is 407. The average molecular weight is 270 g/mol. The average Bonchev–Trinajstić information content (AvgIpc) is 2.38. The first kappa shape index (κ1) is 13.8. The van der Waals surface area contributed by atoms with E-state index in [1.165, 1.54) is 25.3 Å². The summed E-state index contributed by atoms with van der Waals surface area (Å²) < 4.78 is 13.9. The van der Waals surface area contributed by atoms with Crippen molar-refractivity contribution >= 4 is 11.6 Å². The Hall–Kier alpha value is -0.600. The van der Waals surface area contributed by atoms with Crippen LogP contribution in [0.5, 0.6) is 0 Å². The smallest absolute Gasteiger partial charge is 0.129 e. The molecule has 100 valence electrons. The minimum absolute atomic E-state index is 0.198. The van der Waals surface area contributed by atoms with Gasteiger partial charge in [-0.2, -0.15) is 0 Å². The lowest BCUT2D eigenvalue weighted by Crippen LogP contribution is -2.27. The molecule has 0 amide bonds. The molecule has 0 spiro atoms. The molecule has 1 aromatic carbocycles. The van der Waals surface area contributed by atoms with Gasteiger partial charge in [-0.1, -0.05) is 43.9 Å². The van der Waals surface area contributed by atoms with E-state index >= 15 is 0 Å². The molecule has 0 aliphatic heterocycles. The van der Waals surface area contributed by atoms with Gasteiger partial charge in [0.2, 0.25) is 0 Å². The standard InChI is InChI=1S/C15H21ClFN/c1-2-10-4-3-5-11(8-10)15(18)13-7-6-12(16)9-14(13)17/h6-7,9-11,15H,2-5,8,18H2,1H3. The third-order valence-corrected chi connectivity index (χ3v) is 4.47. The quantitative estimate of drug-likeness (QED) is 0.846. The summed E-state index contributed by atoms with van der Waals surface area (Å²) in [5.41, 5.74) is 6.87. The second kappa shape index (κ2) is 6.03. The number of nitrogens with two attached hydrogens (primary N) is 1. The van der Waals surface area contributed by atoms with Gasteiger partial charge in [-0.15, -0.1) is 0 Å². The number of halogens is 2. The third-order valence-electron chi connectivity index (χ3n) is 4.23. The Labute approximate surface area is 114 Å². The molecule has 1 aromatic rings. The summed E-state index contributed by atoms with van der Waals surface area (Å²) >= 11 is 5.77. The largest absolute Gasteiger partial charge is 0.324 e. The number of hydrogen-bond donors (Lipinski definition) is 1. The molecule has 2 rings (SSSR count). The van der Waals surface area contributed by atoms with Crippen LogP contribution in [0.2, 0.25) is 5.02 Å². The molecule has 0 aromatic heterocycles. The fourth-order valence-electron chi connectivity index (χ4n) is 3.06. The zero-order valence-corrected chi connectivity index (χ0v) is 11.6. The van der Waals surface area contributed by atoms with E-state index in [2.05, 4.69) is 6.92 Å². The SMILES string of the molecule is CCC1CCCC(C(N)c2ccc(Cl)cc2F)C1. The summed E-state index contributed by atoms with van der Waals surface area (Å²) in [6, 6.07) is 4.62. The van der Waals surface area contributed by atoms with Crippen molar-refractivity contribution in [2.24, 2.45) is 17.6 Å². The predicted molar refractivity (Wildman–Crippen MR) is 74.1 cm³/mol. The Morgan fingerprint density at radius 1 is 1.44 bits per heavy atom. The van der Waals surface area contributed by atoms with Crippen molar-refractivity contribution in [1.29, 1.82) is 0 Å². The molecule has 3 unspecified atom stereocenters. The van der Waals surface area contributed by atoms with Crippen LogP contribution in [-0.2, 0) is 0 Å². The fraction of sp³-hybridized carbons (Fsp3) is 0.600. The molecule has 1 fully saturated rings. The third kappa shape index (κ3) is 3.04. The summed E-state index contributed by atoms with van der Waals surface area (Å²) in [7, 11) is 0. The van der Waals surface area contributed by atoms with Crippen molar-refractivity contribution in [3.8, 4) is 0 Å². The topological polar surface area (TPSA) is 26.0 Å². The van der Waals surface area contributed by atoms with Crippen molar-refractivity contribution < 1.29 is 4.39 Å². The highest BCUT2D eigenvalue weighted by Crippen LogP contribution is 2.38. The first-order chi connectivity index (χ1) is 8.61. The van der Waals surface area contributed by atoms with E-state index in [4.69, 9.17) is 17.3 Å². The van der Waals surface area contributed by atoms with Crippen LogP contribution in [0.3, 0.4) is 0 Å². The van der Waals surface area contributed by atoms with Crippen LogP contribution >= 0.6 is 11.6 Å².